The van der Waals surface area contributed by atoms with E-state index in [2.05, 4.69) is 24.1 Å². The average Bonchev–Trinajstić information content (AvgIpc) is 2.74. The van der Waals surface area contributed by atoms with Crippen molar-refractivity contribution in [3.8, 4) is 5.75 Å². The molecule has 0 saturated carbocycles. The highest BCUT2D eigenvalue weighted by atomic mass is 16.5. The van der Waals surface area contributed by atoms with Crippen molar-refractivity contribution in [1.82, 2.24) is 4.90 Å². The number of aryl methyl sites for hydroxylation is 1. The van der Waals surface area contributed by atoms with Crippen LogP contribution >= 0.6 is 0 Å². The highest BCUT2D eigenvalue weighted by Gasteiger charge is 2.25. The lowest BCUT2D eigenvalue weighted by Crippen LogP contribution is -2.41. The molecule has 1 heterocycles. The van der Waals surface area contributed by atoms with Gasteiger partial charge in [-0.2, -0.15) is 0 Å². The minimum absolute atomic E-state index is 0.0293. The van der Waals surface area contributed by atoms with Crippen LogP contribution in [0.5, 0.6) is 5.75 Å². The van der Waals surface area contributed by atoms with Crippen LogP contribution in [0.25, 0.3) is 0 Å². The molecule has 1 amide bonds. The molecule has 0 fully saturated rings. The molecular weight excluding hydrogens is 300 g/mol. The molecule has 1 aliphatic rings. The number of rotatable bonds is 3. The SMILES string of the molecule is Cc1cccc(OC(C)C(=O)N2CCN(C)c3ccccc3C2)c1. The summed E-state index contributed by atoms with van der Waals surface area (Å²) in [6, 6.07) is 16.1. The van der Waals surface area contributed by atoms with E-state index in [4.69, 9.17) is 4.74 Å². The lowest BCUT2D eigenvalue weighted by Gasteiger charge is -2.25. The Kier molecular flexibility index (Phi) is 4.74. The van der Waals surface area contributed by atoms with Crippen molar-refractivity contribution in [2.24, 2.45) is 0 Å². The highest BCUT2D eigenvalue weighted by Crippen LogP contribution is 2.24. The Balaban J connectivity index is 1.73. The molecule has 1 aliphatic heterocycles. The normalized spacial score (nSPS) is 15.5. The van der Waals surface area contributed by atoms with Crippen molar-refractivity contribution in [3.05, 3.63) is 59.7 Å². The summed E-state index contributed by atoms with van der Waals surface area (Å²) in [5, 5.41) is 0. The van der Waals surface area contributed by atoms with E-state index in [0.717, 1.165) is 17.9 Å². The molecular formula is C20H24N2O2. The minimum Gasteiger partial charge on any atom is -0.481 e. The molecule has 0 bridgehead atoms. The number of hydrogen-bond acceptors (Lipinski definition) is 3. The molecule has 0 spiro atoms. The van der Waals surface area contributed by atoms with E-state index in [-0.39, 0.29) is 5.91 Å². The van der Waals surface area contributed by atoms with Gasteiger partial charge in [0, 0.05) is 32.4 Å². The Hall–Kier alpha value is -2.49. The molecule has 2 aromatic rings. The Morgan fingerprint density at radius 3 is 2.71 bits per heavy atom. The standard InChI is InChI=1S/C20H24N2O2/c1-15-7-6-9-18(13-15)24-16(2)20(23)22-12-11-21(3)19-10-5-4-8-17(19)14-22/h4-10,13,16H,11-12,14H2,1-3H3. The predicted octanol–water partition coefficient (Wildman–Crippen LogP) is 3.24. The van der Waals surface area contributed by atoms with Crippen LogP contribution in [0.3, 0.4) is 0 Å². The van der Waals surface area contributed by atoms with Gasteiger partial charge in [-0.25, -0.2) is 0 Å². The Morgan fingerprint density at radius 1 is 1.12 bits per heavy atom. The van der Waals surface area contributed by atoms with E-state index in [1.165, 1.54) is 11.3 Å². The number of anilines is 1. The Labute approximate surface area is 143 Å². The first-order valence-corrected chi connectivity index (χ1v) is 8.36. The molecule has 24 heavy (non-hydrogen) atoms. The number of nitrogens with zero attached hydrogens (tertiary/aromatic N) is 2. The largest absolute Gasteiger partial charge is 0.481 e. The molecule has 0 radical (unpaired) electrons. The quantitative estimate of drug-likeness (QED) is 0.869. The number of carbonyl (C=O) groups is 1. The summed E-state index contributed by atoms with van der Waals surface area (Å²) in [6.45, 7) is 5.98. The Morgan fingerprint density at radius 2 is 1.92 bits per heavy atom. The molecule has 4 heteroatoms. The van der Waals surface area contributed by atoms with Gasteiger partial charge < -0.3 is 14.5 Å². The van der Waals surface area contributed by atoms with Crippen molar-refractivity contribution in [2.75, 3.05) is 25.0 Å². The topological polar surface area (TPSA) is 32.8 Å². The monoisotopic (exact) mass is 324 g/mol. The summed E-state index contributed by atoms with van der Waals surface area (Å²) in [5.74, 6) is 0.768. The average molecular weight is 324 g/mol. The Bertz CT molecular complexity index is 729. The van der Waals surface area contributed by atoms with Gasteiger partial charge in [-0.3, -0.25) is 4.79 Å². The lowest BCUT2D eigenvalue weighted by atomic mass is 10.1. The van der Waals surface area contributed by atoms with E-state index >= 15 is 0 Å². The summed E-state index contributed by atoms with van der Waals surface area (Å²) >= 11 is 0. The number of likely N-dealkylation sites (N-methyl/N-ethyl adjacent to an activating group) is 1. The number of para-hydroxylation sites is 1. The summed E-state index contributed by atoms with van der Waals surface area (Å²) in [4.78, 5) is 16.9. The fourth-order valence-electron chi connectivity index (χ4n) is 3.08. The van der Waals surface area contributed by atoms with Crippen LogP contribution in [0, 0.1) is 6.92 Å². The van der Waals surface area contributed by atoms with Gasteiger partial charge >= 0.3 is 0 Å². The van der Waals surface area contributed by atoms with Gasteiger partial charge in [0.25, 0.3) is 5.91 Å². The number of benzene rings is 2. The van der Waals surface area contributed by atoms with E-state index < -0.39 is 6.10 Å². The van der Waals surface area contributed by atoms with Crippen LogP contribution in [0.1, 0.15) is 18.1 Å². The van der Waals surface area contributed by atoms with Gasteiger partial charge in [-0.1, -0.05) is 30.3 Å². The molecule has 1 atom stereocenters. The number of ether oxygens (including phenoxy) is 1. The van der Waals surface area contributed by atoms with Crippen LogP contribution in [-0.4, -0.2) is 37.0 Å². The second kappa shape index (κ2) is 6.95. The minimum atomic E-state index is -0.498. The first-order valence-electron chi connectivity index (χ1n) is 8.36. The summed E-state index contributed by atoms with van der Waals surface area (Å²) in [5.41, 5.74) is 3.49. The van der Waals surface area contributed by atoms with E-state index in [0.29, 0.717) is 13.1 Å². The highest BCUT2D eigenvalue weighted by molar-refractivity contribution is 5.81. The van der Waals surface area contributed by atoms with Crippen LogP contribution in [0.15, 0.2) is 48.5 Å². The summed E-state index contributed by atoms with van der Waals surface area (Å²) < 4.78 is 5.86. The van der Waals surface area contributed by atoms with Crippen LogP contribution < -0.4 is 9.64 Å². The number of fused-ring (bicyclic) bond motifs is 1. The fraction of sp³-hybridized carbons (Fsp3) is 0.350. The number of amides is 1. The second-order valence-electron chi connectivity index (χ2n) is 6.39. The van der Waals surface area contributed by atoms with Crippen molar-refractivity contribution >= 4 is 11.6 Å². The fourth-order valence-corrected chi connectivity index (χ4v) is 3.08. The molecule has 0 saturated heterocycles. The third-order valence-corrected chi connectivity index (χ3v) is 4.43. The molecule has 126 valence electrons. The van der Waals surface area contributed by atoms with Gasteiger partial charge in [0.05, 0.1) is 0 Å². The molecule has 3 rings (SSSR count). The molecule has 0 aromatic heterocycles. The molecule has 1 unspecified atom stereocenters. The molecule has 2 aromatic carbocycles. The second-order valence-corrected chi connectivity index (χ2v) is 6.39. The molecule has 0 N–H and O–H groups in total. The van der Waals surface area contributed by atoms with Crippen molar-refractivity contribution in [1.29, 1.82) is 0 Å². The van der Waals surface area contributed by atoms with Gasteiger partial charge in [-0.15, -0.1) is 0 Å². The maximum atomic E-state index is 12.8. The van der Waals surface area contributed by atoms with Crippen molar-refractivity contribution in [3.63, 3.8) is 0 Å². The van der Waals surface area contributed by atoms with Crippen molar-refractivity contribution < 1.29 is 9.53 Å². The summed E-state index contributed by atoms with van der Waals surface area (Å²) in [6.07, 6.45) is -0.498. The molecule has 4 nitrogen and oxygen atoms in total. The maximum absolute atomic E-state index is 12.8. The number of hydrogen-bond donors (Lipinski definition) is 0. The van der Waals surface area contributed by atoms with Gasteiger partial charge in [0.1, 0.15) is 5.75 Å². The number of carbonyl (C=O) groups excluding carboxylic acids is 1. The van der Waals surface area contributed by atoms with Crippen LogP contribution in [-0.2, 0) is 11.3 Å². The lowest BCUT2D eigenvalue weighted by molar-refractivity contribution is -0.138. The van der Waals surface area contributed by atoms with Crippen molar-refractivity contribution in [2.45, 2.75) is 26.5 Å². The van der Waals surface area contributed by atoms with E-state index in [1.807, 2.05) is 55.1 Å². The zero-order valence-corrected chi connectivity index (χ0v) is 14.5. The smallest absolute Gasteiger partial charge is 0.263 e. The molecule has 0 aliphatic carbocycles. The zero-order chi connectivity index (χ0) is 17.1. The van der Waals surface area contributed by atoms with Gasteiger partial charge in [0.2, 0.25) is 0 Å². The third kappa shape index (κ3) is 3.53. The van der Waals surface area contributed by atoms with Gasteiger partial charge in [0.15, 0.2) is 6.10 Å². The van der Waals surface area contributed by atoms with Crippen LogP contribution in [0.2, 0.25) is 0 Å². The summed E-state index contributed by atoms with van der Waals surface area (Å²) in [7, 11) is 2.07. The zero-order valence-electron chi connectivity index (χ0n) is 14.5. The third-order valence-electron chi connectivity index (χ3n) is 4.43. The van der Waals surface area contributed by atoms with E-state index in [9.17, 15) is 4.79 Å². The van der Waals surface area contributed by atoms with Crippen LogP contribution in [0.4, 0.5) is 5.69 Å². The predicted molar refractivity (Wildman–Crippen MR) is 96.4 cm³/mol. The first-order chi connectivity index (χ1) is 11.5. The first kappa shape index (κ1) is 16.4. The van der Waals surface area contributed by atoms with E-state index in [1.54, 1.807) is 0 Å². The maximum Gasteiger partial charge on any atom is 0.263 e. The van der Waals surface area contributed by atoms with Gasteiger partial charge in [-0.05, 0) is 43.2 Å².